The predicted molar refractivity (Wildman–Crippen MR) is 128 cm³/mol. The minimum absolute atomic E-state index is 0.201. The number of carbonyl (C=O) groups is 1. The van der Waals surface area contributed by atoms with E-state index >= 15 is 0 Å². The summed E-state index contributed by atoms with van der Waals surface area (Å²) in [5.41, 5.74) is 3.07. The lowest BCUT2D eigenvalue weighted by Crippen LogP contribution is -2.08. The summed E-state index contributed by atoms with van der Waals surface area (Å²) < 4.78 is 11.3. The number of nitrogens with one attached hydrogen (secondary N) is 1. The Morgan fingerprint density at radius 1 is 1.00 bits per heavy atom. The number of benzene rings is 3. The molecule has 0 aromatic heterocycles. The highest BCUT2D eigenvalue weighted by Gasteiger charge is 2.10. The molecule has 0 saturated carbocycles. The van der Waals surface area contributed by atoms with Crippen LogP contribution >= 0.6 is 34.8 Å². The van der Waals surface area contributed by atoms with Gasteiger partial charge in [0.1, 0.15) is 6.61 Å². The molecule has 0 fully saturated rings. The van der Waals surface area contributed by atoms with E-state index in [1.807, 2.05) is 13.0 Å². The van der Waals surface area contributed by atoms with Gasteiger partial charge in [-0.2, -0.15) is 0 Å². The molecule has 0 atom stereocenters. The third kappa shape index (κ3) is 6.17. The Morgan fingerprint density at radius 2 is 1.74 bits per heavy atom. The smallest absolute Gasteiger partial charge is 0.248 e. The normalized spacial score (nSPS) is 10.9. The maximum atomic E-state index is 12.3. The average Bonchev–Trinajstić information content (AvgIpc) is 2.74. The molecule has 3 aromatic carbocycles. The number of methoxy groups -OCH3 is 1. The van der Waals surface area contributed by atoms with Crippen LogP contribution in [0.15, 0.2) is 60.7 Å². The number of hydrogen-bond acceptors (Lipinski definition) is 3. The highest BCUT2D eigenvalue weighted by atomic mass is 35.5. The van der Waals surface area contributed by atoms with Gasteiger partial charge in [-0.05, 0) is 66.6 Å². The number of rotatable bonds is 7. The second-order valence-electron chi connectivity index (χ2n) is 6.68. The summed E-state index contributed by atoms with van der Waals surface area (Å²) in [6.45, 7) is 2.08. The van der Waals surface area contributed by atoms with E-state index in [9.17, 15) is 4.79 Å². The van der Waals surface area contributed by atoms with Crippen LogP contribution in [0.4, 0.5) is 5.69 Å². The van der Waals surface area contributed by atoms with Crippen LogP contribution in [-0.2, 0) is 11.4 Å². The van der Waals surface area contributed by atoms with Crippen molar-refractivity contribution in [3.8, 4) is 11.5 Å². The first-order valence-corrected chi connectivity index (χ1v) is 10.5. The van der Waals surface area contributed by atoms with Crippen molar-refractivity contribution >= 4 is 52.5 Å². The number of hydrogen-bond donors (Lipinski definition) is 1. The Morgan fingerprint density at radius 3 is 2.42 bits per heavy atom. The summed E-state index contributed by atoms with van der Waals surface area (Å²) in [6, 6.07) is 16.0. The first-order chi connectivity index (χ1) is 14.9. The minimum atomic E-state index is -0.252. The third-order valence-electron chi connectivity index (χ3n) is 4.49. The molecule has 160 valence electrons. The van der Waals surface area contributed by atoms with Crippen LogP contribution in [0.25, 0.3) is 6.08 Å². The van der Waals surface area contributed by atoms with Crippen molar-refractivity contribution in [3.63, 3.8) is 0 Å². The molecular weight excluding hydrogens is 457 g/mol. The van der Waals surface area contributed by atoms with E-state index in [1.165, 1.54) is 6.08 Å². The van der Waals surface area contributed by atoms with Crippen molar-refractivity contribution in [2.75, 3.05) is 12.4 Å². The van der Waals surface area contributed by atoms with Crippen molar-refractivity contribution in [2.24, 2.45) is 0 Å². The summed E-state index contributed by atoms with van der Waals surface area (Å²) >= 11 is 18.3. The highest BCUT2D eigenvalue weighted by molar-refractivity contribution is 6.36. The standard InChI is InChI=1S/C24H20Cl3NO3/c1-15-12-17(25)8-9-21(15)28-24(29)11-7-16-6-10-22(23(13-16)30-2)31-14-18-19(26)4-3-5-20(18)27/h3-13H,14H2,1-2H3,(H,28,29). The topological polar surface area (TPSA) is 47.6 Å². The summed E-state index contributed by atoms with van der Waals surface area (Å²) in [6.07, 6.45) is 3.14. The molecule has 1 N–H and O–H groups in total. The van der Waals surface area contributed by atoms with E-state index in [2.05, 4.69) is 5.32 Å². The SMILES string of the molecule is COc1cc(C=CC(=O)Nc2ccc(Cl)cc2C)ccc1OCc1c(Cl)cccc1Cl. The van der Waals surface area contributed by atoms with Gasteiger partial charge in [-0.25, -0.2) is 0 Å². The Bertz CT molecular complexity index is 1110. The molecule has 0 bridgehead atoms. The van der Waals surface area contributed by atoms with E-state index in [-0.39, 0.29) is 12.5 Å². The first-order valence-electron chi connectivity index (χ1n) is 9.36. The van der Waals surface area contributed by atoms with Crippen LogP contribution in [0.5, 0.6) is 11.5 Å². The molecule has 0 heterocycles. The quantitative estimate of drug-likeness (QED) is 0.367. The molecule has 0 saturated heterocycles. The van der Waals surface area contributed by atoms with E-state index < -0.39 is 0 Å². The molecule has 3 aromatic rings. The van der Waals surface area contributed by atoms with Crippen LogP contribution in [0.1, 0.15) is 16.7 Å². The lowest BCUT2D eigenvalue weighted by molar-refractivity contribution is -0.111. The Kier molecular flexibility index (Phi) is 7.85. The maximum absolute atomic E-state index is 12.3. The first kappa shape index (κ1) is 23.0. The van der Waals surface area contributed by atoms with Gasteiger partial charge < -0.3 is 14.8 Å². The van der Waals surface area contributed by atoms with E-state index in [4.69, 9.17) is 44.3 Å². The van der Waals surface area contributed by atoms with Gasteiger partial charge in [-0.15, -0.1) is 0 Å². The molecule has 0 spiro atoms. The lowest BCUT2D eigenvalue weighted by atomic mass is 10.1. The van der Waals surface area contributed by atoms with Crippen LogP contribution in [0.3, 0.4) is 0 Å². The van der Waals surface area contributed by atoms with Gasteiger partial charge in [-0.1, -0.05) is 46.9 Å². The second kappa shape index (κ2) is 10.6. The molecule has 31 heavy (non-hydrogen) atoms. The summed E-state index contributed by atoms with van der Waals surface area (Å²) in [7, 11) is 1.55. The van der Waals surface area contributed by atoms with Gasteiger partial charge in [0.2, 0.25) is 5.91 Å². The minimum Gasteiger partial charge on any atom is -0.493 e. The zero-order valence-corrected chi connectivity index (χ0v) is 19.2. The molecule has 4 nitrogen and oxygen atoms in total. The monoisotopic (exact) mass is 475 g/mol. The van der Waals surface area contributed by atoms with Gasteiger partial charge >= 0.3 is 0 Å². The summed E-state index contributed by atoms with van der Waals surface area (Å²) in [4.78, 5) is 12.3. The zero-order chi connectivity index (χ0) is 22.4. The van der Waals surface area contributed by atoms with Gasteiger partial charge in [0, 0.05) is 32.4 Å². The van der Waals surface area contributed by atoms with Gasteiger partial charge in [0.25, 0.3) is 0 Å². The maximum Gasteiger partial charge on any atom is 0.248 e. The molecule has 1 amide bonds. The largest absolute Gasteiger partial charge is 0.493 e. The number of amides is 1. The van der Waals surface area contributed by atoms with Crippen molar-refractivity contribution in [1.29, 1.82) is 0 Å². The fourth-order valence-corrected chi connectivity index (χ4v) is 3.57. The van der Waals surface area contributed by atoms with Crippen molar-refractivity contribution in [2.45, 2.75) is 13.5 Å². The molecule has 3 rings (SSSR count). The number of carbonyl (C=O) groups excluding carboxylic acids is 1. The van der Waals surface area contributed by atoms with Crippen molar-refractivity contribution < 1.29 is 14.3 Å². The van der Waals surface area contributed by atoms with Crippen molar-refractivity contribution in [3.05, 3.63) is 92.4 Å². The van der Waals surface area contributed by atoms with Crippen LogP contribution in [-0.4, -0.2) is 13.0 Å². The Balaban J connectivity index is 1.68. The molecule has 0 radical (unpaired) electrons. The van der Waals surface area contributed by atoms with E-state index in [0.717, 1.165) is 11.1 Å². The third-order valence-corrected chi connectivity index (χ3v) is 5.44. The van der Waals surface area contributed by atoms with Crippen molar-refractivity contribution in [1.82, 2.24) is 0 Å². The van der Waals surface area contributed by atoms with Gasteiger partial charge in [-0.3, -0.25) is 4.79 Å². The Hall–Kier alpha value is -2.66. The molecule has 0 aliphatic carbocycles. The molecule has 0 aliphatic heterocycles. The number of aryl methyl sites for hydroxylation is 1. The highest BCUT2D eigenvalue weighted by Crippen LogP contribution is 2.31. The van der Waals surface area contributed by atoms with E-state index in [1.54, 1.807) is 61.7 Å². The summed E-state index contributed by atoms with van der Waals surface area (Å²) in [5, 5.41) is 4.52. The summed E-state index contributed by atoms with van der Waals surface area (Å²) in [5.74, 6) is 0.814. The van der Waals surface area contributed by atoms with Gasteiger partial charge in [0.05, 0.1) is 7.11 Å². The predicted octanol–water partition coefficient (Wildman–Crippen LogP) is 7.19. The zero-order valence-electron chi connectivity index (χ0n) is 16.9. The fraction of sp³-hybridized carbons (Fsp3) is 0.125. The fourth-order valence-electron chi connectivity index (χ4n) is 2.84. The van der Waals surface area contributed by atoms with Crippen LogP contribution in [0.2, 0.25) is 15.1 Å². The Labute approximate surface area is 196 Å². The van der Waals surface area contributed by atoms with Crippen LogP contribution in [0, 0.1) is 6.92 Å². The van der Waals surface area contributed by atoms with E-state index in [0.29, 0.717) is 37.8 Å². The average molecular weight is 477 g/mol. The number of anilines is 1. The molecule has 7 heteroatoms. The lowest BCUT2D eigenvalue weighted by Gasteiger charge is -2.13. The molecule has 0 aliphatic rings. The number of ether oxygens (including phenoxy) is 2. The molecular formula is C24H20Cl3NO3. The number of halogens is 3. The molecule has 0 unspecified atom stereocenters. The van der Waals surface area contributed by atoms with Gasteiger partial charge in [0.15, 0.2) is 11.5 Å². The second-order valence-corrected chi connectivity index (χ2v) is 7.93. The van der Waals surface area contributed by atoms with Crippen LogP contribution < -0.4 is 14.8 Å².